The molecule has 0 aliphatic heterocycles. The van der Waals surface area contributed by atoms with E-state index in [0.29, 0.717) is 5.75 Å². The van der Waals surface area contributed by atoms with E-state index in [1.165, 1.54) is 24.2 Å². The smallest absolute Gasteiger partial charge is 0.123 e. The number of allylic oxidation sites excluding steroid dienone is 1. The van der Waals surface area contributed by atoms with E-state index in [-0.39, 0.29) is 0 Å². The van der Waals surface area contributed by atoms with E-state index in [4.69, 9.17) is 0 Å². The summed E-state index contributed by atoms with van der Waals surface area (Å²) < 4.78 is 0. The standard InChI is InChI=1S/C17H20OS/c1-2-3-4-5-8-13-19-17-12-11-16(18)14-9-6-7-10-15(14)17/h2,6-7,9-12,18H,1,3-5,8,13H2. The Labute approximate surface area is 119 Å². The molecule has 0 atom stereocenters. The highest BCUT2D eigenvalue weighted by Crippen LogP contribution is 2.33. The number of aromatic hydroxyl groups is 1. The Balaban J connectivity index is 1.97. The summed E-state index contributed by atoms with van der Waals surface area (Å²) in [6.45, 7) is 3.74. The van der Waals surface area contributed by atoms with Gasteiger partial charge in [-0.2, -0.15) is 0 Å². The molecular formula is C17H20OS. The highest BCUT2D eigenvalue weighted by molar-refractivity contribution is 7.99. The Hall–Kier alpha value is -1.41. The highest BCUT2D eigenvalue weighted by Gasteiger charge is 2.04. The summed E-state index contributed by atoms with van der Waals surface area (Å²) in [5.74, 6) is 1.50. The normalized spacial score (nSPS) is 10.7. The molecule has 2 aromatic rings. The molecule has 0 heterocycles. The average Bonchev–Trinajstić information content (AvgIpc) is 2.45. The fourth-order valence-electron chi connectivity index (χ4n) is 2.13. The minimum atomic E-state index is 0.367. The van der Waals surface area contributed by atoms with Crippen molar-refractivity contribution in [2.45, 2.75) is 30.6 Å². The van der Waals surface area contributed by atoms with Crippen molar-refractivity contribution in [3.8, 4) is 5.75 Å². The zero-order valence-electron chi connectivity index (χ0n) is 11.1. The number of phenolic OH excluding ortho intramolecular Hbond substituents is 1. The minimum Gasteiger partial charge on any atom is -0.507 e. The molecule has 0 radical (unpaired) electrons. The van der Waals surface area contributed by atoms with Gasteiger partial charge in [0.25, 0.3) is 0 Å². The number of hydrogen-bond donors (Lipinski definition) is 1. The van der Waals surface area contributed by atoms with Crippen molar-refractivity contribution in [2.24, 2.45) is 0 Å². The van der Waals surface area contributed by atoms with Crippen LogP contribution >= 0.6 is 11.8 Å². The average molecular weight is 272 g/mol. The molecule has 2 aromatic carbocycles. The predicted octanol–water partition coefficient (Wildman–Crippen LogP) is 5.38. The first-order valence-electron chi connectivity index (χ1n) is 6.77. The van der Waals surface area contributed by atoms with Gasteiger partial charge in [-0.25, -0.2) is 0 Å². The van der Waals surface area contributed by atoms with E-state index >= 15 is 0 Å². The van der Waals surface area contributed by atoms with Gasteiger partial charge in [-0.05, 0) is 42.5 Å². The molecule has 0 saturated carbocycles. The lowest BCUT2D eigenvalue weighted by Gasteiger charge is -2.07. The van der Waals surface area contributed by atoms with Crippen LogP contribution in [0.2, 0.25) is 0 Å². The first kappa shape index (κ1) is 14.0. The lowest BCUT2D eigenvalue weighted by atomic mass is 10.1. The van der Waals surface area contributed by atoms with Crippen LogP contribution in [-0.2, 0) is 0 Å². The van der Waals surface area contributed by atoms with Crippen LogP contribution in [0.3, 0.4) is 0 Å². The third kappa shape index (κ3) is 3.77. The van der Waals surface area contributed by atoms with Crippen LogP contribution in [0.25, 0.3) is 10.8 Å². The molecule has 0 aromatic heterocycles. The van der Waals surface area contributed by atoms with Gasteiger partial charge in [0, 0.05) is 10.3 Å². The molecule has 0 aliphatic carbocycles. The molecule has 0 aliphatic rings. The molecule has 19 heavy (non-hydrogen) atoms. The summed E-state index contributed by atoms with van der Waals surface area (Å²) in [5, 5.41) is 11.9. The van der Waals surface area contributed by atoms with Gasteiger partial charge in [0.05, 0.1) is 0 Å². The third-order valence-electron chi connectivity index (χ3n) is 3.17. The Bertz CT molecular complexity index is 548. The Morgan fingerprint density at radius 1 is 1.00 bits per heavy atom. The van der Waals surface area contributed by atoms with Gasteiger partial charge < -0.3 is 5.11 Å². The zero-order chi connectivity index (χ0) is 13.5. The number of rotatable bonds is 7. The fraction of sp³-hybridized carbons (Fsp3) is 0.294. The van der Waals surface area contributed by atoms with Crippen LogP contribution in [0.5, 0.6) is 5.75 Å². The van der Waals surface area contributed by atoms with Crippen molar-refractivity contribution in [1.29, 1.82) is 0 Å². The Morgan fingerprint density at radius 3 is 2.58 bits per heavy atom. The van der Waals surface area contributed by atoms with Crippen LogP contribution in [0.15, 0.2) is 53.9 Å². The van der Waals surface area contributed by atoms with E-state index in [9.17, 15) is 5.11 Å². The topological polar surface area (TPSA) is 20.2 Å². The molecule has 1 nitrogen and oxygen atoms in total. The molecule has 100 valence electrons. The second-order valence-electron chi connectivity index (χ2n) is 4.61. The van der Waals surface area contributed by atoms with Crippen molar-refractivity contribution in [3.05, 3.63) is 49.1 Å². The first-order valence-corrected chi connectivity index (χ1v) is 7.76. The van der Waals surface area contributed by atoms with E-state index < -0.39 is 0 Å². The summed E-state index contributed by atoms with van der Waals surface area (Å²) in [7, 11) is 0. The first-order chi connectivity index (χ1) is 9.33. The van der Waals surface area contributed by atoms with Gasteiger partial charge in [0.2, 0.25) is 0 Å². The molecule has 0 fully saturated rings. The Kier molecular flexibility index (Phi) is 5.34. The summed E-state index contributed by atoms with van der Waals surface area (Å²) >= 11 is 1.88. The van der Waals surface area contributed by atoms with Crippen molar-refractivity contribution in [1.82, 2.24) is 0 Å². The maximum absolute atomic E-state index is 9.85. The second-order valence-corrected chi connectivity index (χ2v) is 5.75. The maximum atomic E-state index is 9.85. The van der Waals surface area contributed by atoms with Gasteiger partial charge in [-0.1, -0.05) is 36.8 Å². The van der Waals surface area contributed by atoms with Crippen LogP contribution in [0.1, 0.15) is 25.7 Å². The van der Waals surface area contributed by atoms with E-state index in [2.05, 4.69) is 12.6 Å². The molecule has 0 amide bonds. The number of fused-ring (bicyclic) bond motifs is 1. The zero-order valence-corrected chi connectivity index (χ0v) is 12.0. The molecule has 1 N–H and O–H groups in total. The highest BCUT2D eigenvalue weighted by atomic mass is 32.2. The SMILES string of the molecule is C=CCCCCCSc1ccc(O)c2ccccc12. The van der Waals surface area contributed by atoms with Crippen LogP contribution in [0.4, 0.5) is 0 Å². The molecule has 2 rings (SSSR count). The van der Waals surface area contributed by atoms with Gasteiger partial charge in [-0.15, -0.1) is 18.3 Å². The molecule has 0 spiro atoms. The second kappa shape index (κ2) is 7.25. The van der Waals surface area contributed by atoms with Gasteiger partial charge in [0.15, 0.2) is 0 Å². The predicted molar refractivity (Wildman–Crippen MR) is 85.0 cm³/mol. The number of unbranched alkanes of at least 4 members (excludes halogenated alkanes) is 3. The molecular weight excluding hydrogens is 252 g/mol. The Morgan fingerprint density at radius 2 is 1.79 bits per heavy atom. The van der Waals surface area contributed by atoms with E-state index in [0.717, 1.165) is 22.9 Å². The van der Waals surface area contributed by atoms with Crippen molar-refractivity contribution in [2.75, 3.05) is 5.75 Å². The lowest BCUT2D eigenvalue weighted by molar-refractivity contribution is 0.481. The quantitative estimate of drug-likeness (QED) is 0.414. The van der Waals surface area contributed by atoms with Crippen molar-refractivity contribution < 1.29 is 5.11 Å². The summed E-state index contributed by atoms with van der Waals surface area (Å²) in [6, 6.07) is 11.9. The number of benzene rings is 2. The summed E-state index contributed by atoms with van der Waals surface area (Å²) in [4.78, 5) is 1.26. The fourth-order valence-corrected chi connectivity index (χ4v) is 3.20. The molecule has 0 unspecified atom stereocenters. The monoisotopic (exact) mass is 272 g/mol. The van der Waals surface area contributed by atoms with E-state index in [1.807, 2.05) is 42.1 Å². The van der Waals surface area contributed by atoms with Crippen LogP contribution in [-0.4, -0.2) is 10.9 Å². The lowest BCUT2D eigenvalue weighted by Crippen LogP contribution is -1.83. The maximum Gasteiger partial charge on any atom is 0.123 e. The van der Waals surface area contributed by atoms with E-state index in [1.54, 1.807) is 6.07 Å². The molecule has 0 bridgehead atoms. The molecule has 2 heteroatoms. The largest absolute Gasteiger partial charge is 0.507 e. The third-order valence-corrected chi connectivity index (χ3v) is 4.33. The van der Waals surface area contributed by atoms with Crippen molar-refractivity contribution >= 4 is 22.5 Å². The van der Waals surface area contributed by atoms with Crippen molar-refractivity contribution in [3.63, 3.8) is 0 Å². The van der Waals surface area contributed by atoms with Gasteiger partial charge in [-0.3, -0.25) is 0 Å². The van der Waals surface area contributed by atoms with Gasteiger partial charge in [0.1, 0.15) is 5.75 Å². The number of thioether (sulfide) groups is 1. The number of hydrogen-bond acceptors (Lipinski definition) is 2. The summed E-state index contributed by atoms with van der Waals surface area (Å²) in [5.41, 5.74) is 0. The molecule has 0 saturated heterocycles. The number of phenols is 1. The summed E-state index contributed by atoms with van der Waals surface area (Å²) in [6.07, 6.45) is 6.83. The van der Waals surface area contributed by atoms with Gasteiger partial charge >= 0.3 is 0 Å². The van der Waals surface area contributed by atoms with Crippen LogP contribution in [0, 0.1) is 0 Å². The van der Waals surface area contributed by atoms with Crippen LogP contribution < -0.4 is 0 Å². The minimum absolute atomic E-state index is 0.367.